The summed E-state index contributed by atoms with van der Waals surface area (Å²) < 4.78 is 92.8. The molecule has 7 unspecified atom stereocenters. The molecule has 2 bridgehead atoms. The van der Waals surface area contributed by atoms with Gasteiger partial charge in [-0.15, -0.1) is 12.8 Å². The molecule has 0 radical (unpaired) electrons. The number of nitrogens with zero attached hydrogens (tertiary/aromatic N) is 8. The van der Waals surface area contributed by atoms with Crippen molar-refractivity contribution in [1.82, 2.24) is 29.7 Å². The number of β-amino-alcohol motifs (C(OH)–C–C–N with tert-alkyl or cyclic N) is 1. The lowest BCUT2D eigenvalue weighted by Crippen LogP contribution is -2.50. The predicted molar refractivity (Wildman–Crippen MR) is 334 cm³/mol. The summed E-state index contributed by atoms with van der Waals surface area (Å²) in [5.74, 6) is 3.18. The van der Waals surface area contributed by atoms with Crippen molar-refractivity contribution in [3.05, 3.63) is 107 Å². The summed E-state index contributed by atoms with van der Waals surface area (Å²) in [6.45, 7) is 5.77. The second-order valence-corrected chi connectivity index (χ2v) is 25.0. The van der Waals surface area contributed by atoms with Gasteiger partial charge >= 0.3 is 12.0 Å². The van der Waals surface area contributed by atoms with Gasteiger partial charge in [-0.2, -0.15) is 19.9 Å². The highest BCUT2D eigenvalue weighted by Gasteiger charge is 2.48. The zero-order valence-corrected chi connectivity index (χ0v) is 49.9. The van der Waals surface area contributed by atoms with E-state index in [0.717, 1.165) is 83.8 Å². The minimum atomic E-state index is -0.651. The smallest absolute Gasteiger partial charge is 0.319 e. The topological polar surface area (TPSA) is 153 Å². The van der Waals surface area contributed by atoms with Crippen molar-refractivity contribution >= 4 is 55.0 Å². The summed E-state index contributed by atoms with van der Waals surface area (Å²) in [5, 5.41) is 34.0. The van der Waals surface area contributed by atoms with Crippen LogP contribution in [0, 0.1) is 53.4 Å². The Kier molecular flexibility index (Phi) is 16.6. The maximum absolute atomic E-state index is 16.8. The van der Waals surface area contributed by atoms with Crippen LogP contribution in [-0.4, -0.2) is 148 Å². The van der Waals surface area contributed by atoms with Gasteiger partial charge in [-0.05, 0) is 168 Å². The number of aromatic hydroxyl groups is 2. The molecule has 15 rings (SSSR count). The van der Waals surface area contributed by atoms with Gasteiger partial charge in [0, 0.05) is 82.9 Å². The number of terminal acetylenes is 2. The molecule has 2 aromatic heterocycles. The van der Waals surface area contributed by atoms with Crippen LogP contribution in [0.15, 0.2) is 72.8 Å². The van der Waals surface area contributed by atoms with Gasteiger partial charge in [0.1, 0.15) is 52.0 Å². The van der Waals surface area contributed by atoms with Gasteiger partial charge in [-0.25, -0.2) is 22.0 Å². The van der Waals surface area contributed by atoms with E-state index < -0.39 is 35.5 Å². The first-order valence-corrected chi connectivity index (χ1v) is 31.0. The fourth-order valence-electron chi connectivity index (χ4n) is 15.4. The van der Waals surface area contributed by atoms with Gasteiger partial charge in [-0.1, -0.05) is 42.5 Å². The number of phenolic OH excluding ortho intramolecular Hbond substituents is 2. The van der Waals surface area contributed by atoms with Crippen LogP contribution < -0.4 is 19.3 Å². The molecule has 14 nitrogen and oxygen atoms in total. The van der Waals surface area contributed by atoms with E-state index in [1.807, 2.05) is 4.90 Å². The van der Waals surface area contributed by atoms with Gasteiger partial charge in [0.05, 0.1) is 43.2 Å². The van der Waals surface area contributed by atoms with Gasteiger partial charge in [-0.3, -0.25) is 4.90 Å². The first kappa shape index (κ1) is 59.9. The minimum absolute atomic E-state index is 0.00238. The average molecular weight is 1220 g/mol. The van der Waals surface area contributed by atoms with Crippen LogP contribution in [0.2, 0.25) is 0 Å². The molecule has 462 valence electrons. The second kappa shape index (κ2) is 24.7. The second-order valence-electron chi connectivity index (χ2n) is 25.0. The third kappa shape index (κ3) is 11.4. The van der Waals surface area contributed by atoms with Crippen LogP contribution in [0.3, 0.4) is 0 Å². The van der Waals surface area contributed by atoms with Gasteiger partial charge in [0.2, 0.25) is 0 Å². The predicted octanol–water partition coefficient (Wildman–Crippen LogP) is 12.4. The lowest BCUT2D eigenvalue weighted by atomic mass is 9.76. The number of piperidine rings is 2. The number of phenols is 2. The van der Waals surface area contributed by atoms with Gasteiger partial charge < -0.3 is 44.2 Å². The molecule has 19 heteroatoms. The molecular weight excluding hydrogens is 1140 g/mol. The first-order chi connectivity index (χ1) is 43.1. The number of hydrogen-bond acceptors (Lipinski definition) is 14. The Morgan fingerprint density at radius 1 is 0.629 bits per heavy atom. The Morgan fingerprint density at radius 2 is 1.22 bits per heavy atom. The third-order valence-corrected chi connectivity index (χ3v) is 19.5. The zero-order valence-electron chi connectivity index (χ0n) is 49.9. The molecule has 6 aliphatic heterocycles. The number of ether oxygens (including phenoxy) is 3. The monoisotopic (exact) mass is 1210 g/mol. The quantitative estimate of drug-likeness (QED) is 0.0977. The molecule has 7 atom stereocenters. The number of alkyl halides is 1. The number of benzene rings is 6. The molecule has 7 fully saturated rings. The Labute approximate surface area is 513 Å². The highest BCUT2D eigenvalue weighted by atomic mass is 19.1. The van der Waals surface area contributed by atoms with Crippen LogP contribution in [0.25, 0.3) is 65.6 Å². The van der Waals surface area contributed by atoms with Crippen molar-refractivity contribution in [2.75, 3.05) is 76.4 Å². The third-order valence-electron chi connectivity index (χ3n) is 19.5. The van der Waals surface area contributed by atoms with Crippen molar-refractivity contribution in [2.45, 2.75) is 120 Å². The van der Waals surface area contributed by atoms with Crippen molar-refractivity contribution in [2.24, 2.45) is 5.41 Å². The lowest BCUT2D eigenvalue weighted by molar-refractivity contribution is 0.0133. The SMILES string of the molecule is C#Cc1c(F)ccc2cc(O)cc(-c3ccc4c(N5CCC6CCC(C5)O6)nc(OC)nc4c3F)c12.C#Cc1c(F)ccc2cc(O)cc(-c3ccc4c(N5CCCC(O)C5)nc(OCC56CCCC5N(C)CCC6)nc4c3F)c12.FC1CC2CCCN2C1. The van der Waals surface area contributed by atoms with E-state index >= 15 is 8.78 Å². The van der Waals surface area contributed by atoms with E-state index in [0.29, 0.717) is 95.2 Å². The first-order valence-electron chi connectivity index (χ1n) is 31.0. The largest absolute Gasteiger partial charge is 0.508 e. The van der Waals surface area contributed by atoms with Crippen LogP contribution >= 0.6 is 0 Å². The molecule has 3 N–H and O–H groups in total. The van der Waals surface area contributed by atoms with Crippen molar-refractivity contribution < 1.29 is 51.5 Å². The Bertz CT molecular complexity index is 4130. The van der Waals surface area contributed by atoms with Crippen LogP contribution in [0.4, 0.5) is 33.6 Å². The van der Waals surface area contributed by atoms with E-state index in [-0.39, 0.29) is 85.6 Å². The Morgan fingerprint density at radius 3 is 1.84 bits per heavy atom. The van der Waals surface area contributed by atoms with E-state index in [4.69, 9.17) is 32.0 Å². The van der Waals surface area contributed by atoms with Crippen LogP contribution in [-0.2, 0) is 4.74 Å². The summed E-state index contributed by atoms with van der Waals surface area (Å²) in [4.78, 5) is 27.1. The highest BCUT2D eigenvalue weighted by molar-refractivity contribution is 6.05. The molecule has 1 saturated carbocycles. The summed E-state index contributed by atoms with van der Waals surface area (Å²) in [5.41, 5.74) is 0.922. The summed E-state index contributed by atoms with van der Waals surface area (Å²) >= 11 is 0. The summed E-state index contributed by atoms with van der Waals surface area (Å²) in [6, 6.07) is 19.1. The number of halogens is 5. The number of aliphatic hydroxyl groups is 1. The highest BCUT2D eigenvalue weighted by Crippen LogP contribution is 2.48. The van der Waals surface area contributed by atoms with Gasteiger partial charge in [0.25, 0.3) is 0 Å². The Hall–Kier alpha value is -8.07. The van der Waals surface area contributed by atoms with Crippen molar-refractivity contribution in [3.63, 3.8) is 0 Å². The Balaban J connectivity index is 0.000000145. The number of aliphatic hydroxyl groups excluding tert-OH is 1. The maximum atomic E-state index is 16.8. The summed E-state index contributed by atoms with van der Waals surface area (Å²) in [7, 11) is 3.61. The minimum Gasteiger partial charge on any atom is -0.508 e. The van der Waals surface area contributed by atoms with E-state index in [9.17, 15) is 28.5 Å². The molecule has 0 amide bonds. The summed E-state index contributed by atoms with van der Waals surface area (Å²) in [6.07, 6.45) is 23.8. The van der Waals surface area contributed by atoms with E-state index in [1.165, 1.54) is 68.5 Å². The molecule has 7 aliphatic rings. The fraction of sp³-hybridized carbons (Fsp3) is 0.429. The number of rotatable bonds is 8. The van der Waals surface area contributed by atoms with Crippen molar-refractivity contribution in [3.8, 4) is 70.5 Å². The lowest BCUT2D eigenvalue weighted by Gasteiger charge is -2.44. The van der Waals surface area contributed by atoms with E-state index in [1.54, 1.807) is 24.3 Å². The number of fused-ring (bicyclic) bond motifs is 8. The van der Waals surface area contributed by atoms with Gasteiger partial charge in [0.15, 0.2) is 11.6 Å². The number of anilines is 2. The average Bonchev–Trinajstić information content (AvgIpc) is 1.63. The fourth-order valence-corrected chi connectivity index (χ4v) is 15.4. The molecule has 6 saturated heterocycles. The number of likely N-dealkylation sites (tertiary alicyclic amines) is 1. The molecule has 0 spiro atoms. The molecular formula is C70H71F5N8O6. The van der Waals surface area contributed by atoms with Crippen LogP contribution in [0.1, 0.15) is 94.6 Å². The molecule has 8 aromatic rings. The molecule has 89 heavy (non-hydrogen) atoms. The zero-order chi connectivity index (χ0) is 61.8. The molecule has 1 aliphatic carbocycles. The number of hydrogen-bond donors (Lipinski definition) is 3. The number of methoxy groups -OCH3 is 1. The standard InChI is InChI=1S/C35H36F2N4O3.C28H23F2N3O3.C7H12FN/c1-3-24-28(36)12-9-21-17-23(43)18-27(30(21)24)25-10-11-26-32(31(25)37)38-34(39-33(26)41-16-5-7-22(42)19-41)44-20-35-13-4-8-29(35)40(2)15-6-14-35;1-3-19-23(29)9-4-15-12-16(34)13-22(24(15)19)20-7-8-21-26(25(20)30)31-28(35-2)32-27(21)33-11-10-17-5-6-18(14-33)36-17;8-6-4-7-2-1-3-9(7)5-6/h1,9-12,17-18,22,29,42-43H,4-8,13-16,19-20H2,2H3;1,4,7-9,12-13,17-18,34H,5-6,10-11,14H2,2H3;6-7H,1-5H2. The van der Waals surface area contributed by atoms with Crippen LogP contribution in [0.5, 0.6) is 23.5 Å². The molecule has 8 heterocycles. The van der Waals surface area contributed by atoms with Crippen molar-refractivity contribution in [1.29, 1.82) is 0 Å². The maximum Gasteiger partial charge on any atom is 0.319 e. The van der Waals surface area contributed by atoms with E-state index in [2.05, 4.69) is 48.5 Å². The molecule has 6 aromatic carbocycles. The number of aromatic nitrogens is 4. The normalized spacial score (nSPS) is 24.2.